The van der Waals surface area contributed by atoms with E-state index in [0.717, 1.165) is 24.2 Å². The Balaban J connectivity index is 1.59. The number of aryl methyl sites for hydroxylation is 1. The maximum atomic E-state index is 13.0. The quantitative estimate of drug-likeness (QED) is 0.319. The van der Waals surface area contributed by atoms with Gasteiger partial charge in [-0.2, -0.15) is 4.90 Å². The number of rotatable bonds is 4. The molecule has 4 rings (SSSR count). The fourth-order valence-corrected chi connectivity index (χ4v) is 4.23. The number of ether oxygens (including phenoxy) is 4. The Labute approximate surface area is 233 Å². The van der Waals surface area contributed by atoms with E-state index in [0.29, 0.717) is 32.2 Å². The molecule has 0 saturated carbocycles. The topological polar surface area (TPSA) is 100 Å². The predicted octanol–water partition coefficient (Wildman–Crippen LogP) is 7.84. The highest BCUT2D eigenvalue weighted by Gasteiger charge is 2.36. The molecule has 1 aliphatic heterocycles. The van der Waals surface area contributed by atoms with Crippen molar-refractivity contribution in [2.45, 2.75) is 91.6 Å². The first kappa shape index (κ1) is 28.5. The smallest absolute Gasteiger partial charge is 0.425 e. The zero-order valence-corrected chi connectivity index (χ0v) is 24.4. The van der Waals surface area contributed by atoms with Gasteiger partial charge >= 0.3 is 12.2 Å². The summed E-state index contributed by atoms with van der Waals surface area (Å²) in [4.78, 5) is 26.8. The van der Waals surface area contributed by atoms with Gasteiger partial charge in [0.2, 0.25) is 0 Å². The Morgan fingerprint density at radius 2 is 1.67 bits per heavy atom. The number of carbonyl (C=O) groups excluding carboxylic acids is 2. The highest BCUT2D eigenvalue weighted by molar-refractivity contribution is 6.32. The number of hydrogen-bond donors (Lipinski definition) is 0. The third kappa shape index (κ3) is 6.95. The van der Waals surface area contributed by atoms with E-state index in [9.17, 15) is 9.59 Å². The van der Waals surface area contributed by atoms with Gasteiger partial charge in [0.25, 0.3) is 0 Å². The van der Waals surface area contributed by atoms with Crippen molar-refractivity contribution in [1.82, 2.24) is 5.16 Å². The van der Waals surface area contributed by atoms with Crippen molar-refractivity contribution in [2.75, 3.05) is 4.90 Å². The number of aromatic nitrogens is 1. The molecule has 0 unspecified atom stereocenters. The Kier molecular flexibility index (Phi) is 7.51. The third-order valence-corrected chi connectivity index (χ3v) is 6.14. The minimum Gasteiger partial charge on any atom is -0.489 e. The predicted molar refractivity (Wildman–Crippen MR) is 148 cm³/mol. The molecule has 2 heterocycles. The summed E-state index contributed by atoms with van der Waals surface area (Å²) in [6.45, 7) is 14.5. The molecule has 39 heavy (non-hydrogen) atoms. The van der Waals surface area contributed by atoms with Crippen molar-refractivity contribution in [3.8, 4) is 11.5 Å². The molecule has 210 valence electrons. The van der Waals surface area contributed by atoms with Crippen molar-refractivity contribution in [3.63, 3.8) is 0 Å². The number of carbonyl (C=O) groups is 2. The largest absolute Gasteiger partial charge is 0.489 e. The van der Waals surface area contributed by atoms with Crippen LogP contribution in [0.15, 0.2) is 34.9 Å². The van der Waals surface area contributed by atoms with Gasteiger partial charge in [-0.3, -0.25) is 0 Å². The van der Waals surface area contributed by atoms with E-state index in [1.165, 1.54) is 0 Å². The second-order valence-electron chi connectivity index (χ2n) is 12.2. The monoisotopic (exact) mass is 558 g/mol. The van der Waals surface area contributed by atoms with Gasteiger partial charge in [-0.05, 0) is 104 Å². The van der Waals surface area contributed by atoms with E-state index in [1.807, 2.05) is 18.2 Å². The molecule has 2 aromatic carbocycles. The van der Waals surface area contributed by atoms with Gasteiger partial charge in [-0.15, -0.1) is 0 Å². The van der Waals surface area contributed by atoms with Gasteiger partial charge in [0, 0.05) is 10.6 Å². The average Bonchev–Trinajstić information content (AvgIpc) is 3.16. The fraction of sp³-hybridized carbons (Fsp3) is 0.483. The highest BCUT2D eigenvalue weighted by Crippen LogP contribution is 2.36. The lowest BCUT2D eigenvalue weighted by Gasteiger charge is -2.32. The number of imide groups is 1. The molecule has 0 saturated heterocycles. The number of anilines is 1. The second kappa shape index (κ2) is 10.3. The summed E-state index contributed by atoms with van der Waals surface area (Å²) in [7, 11) is 0. The molecule has 3 aromatic rings. The van der Waals surface area contributed by atoms with E-state index in [4.69, 9.17) is 35.1 Å². The highest BCUT2D eigenvalue weighted by atomic mass is 35.5. The molecule has 2 amide bonds. The molecular weight excluding hydrogens is 524 g/mol. The first-order valence-corrected chi connectivity index (χ1v) is 13.2. The molecule has 9 nitrogen and oxygen atoms in total. The normalized spacial score (nSPS) is 14.8. The molecule has 1 aliphatic rings. The number of halogens is 1. The summed E-state index contributed by atoms with van der Waals surface area (Å²) in [5.74, 6) is 1.47. The van der Waals surface area contributed by atoms with Crippen molar-refractivity contribution >= 4 is 40.6 Å². The summed E-state index contributed by atoms with van der Waals surface area (Å²) in [6, 6.07) is 9.00. The van der Waals surface area contributed by atoms with E-state index >= 15 is 0 Å². The van der Waals surface area contributed by atoms with Crippen molar-refractivity contribution in [3.05, 3.63) is 46.5 Å². The number of hydrogen-bond acceptors (Lipinski definition) is 8. The van der Waals surface area contributed by atoms with Crippen LogP contribution in [0.3, 0.4) is 0 Å². The molecule has 0 radical (unpaired) electrons. The number of nitrogens with zero attached hydrogens (tertiary/aromatic N) is 2. The summed E-state index contributed by atoms with van der Waals surface area (Å²) in [6.07, 6.45) is -0.0760. The summed E-state index contributed by atoms with van der Waals surface area (Å²) in [5.41, 5.74) is 0.138. The lowest BCUT2D eigenvalue weighted by molar-refractivity contribution is 0.0427. The maximum Gasteiger partial charge on any atom is 0.425 e. The zero-order valence-electron chi connectivity index (χ0n) is 23.6. The van der Waals surface area contributed by atoms with Crippen LogP contribution < -0.4 is 14.4 Å². The second-order valence-corrected chi connectivity index (χ2v) is 12.6. The van der Waals surface area contributed by atoms with Crippen LogP contribution in [-0.4, -0.2) is 34.1 Å². The molecule has 1 aromatic heterocycles. The SMILES string of the molecule is CC(C)(C)OC(=O)N(C(=O)OC(C)(C)C)c1noc2cc(COc3ccc4c(c3)CCC(C)(C)O4)c(Cl)cc12. The van der Waals surface area contributed by atoms with E-state index in [-0.39, 0.29) is 18.0 Å². The number of benzene rings is 2. The first-order valence-electron chi connectivity index (χ1n) is 12.8. The molecule has 0 atom stereocenters. The maximum absolute atomic E-state index is 13.0. The van der Waals surface area contributed by atoms with Crippen LogP contribution in [0, 0.1) is 0 Å². The average molecular weight is 559 g/mol. The Bertz CT molecular complexity index is 1370. The molecule has 0 spiro atoms. The molecular formula is C29H35ClN2O7. The first-order chi connectivity index (χ1) is 18.0. The summed E-state index contributed by atoms with van der Waals surface area (Å²) in [5, 5.41) is 4.69. The lowest BCUT2D eigenvalue weighted by atomic mass is 9.94. The number of fused-ring (bicyclic) bond motifs is 2. The number of amides is 2. The molecule has 0 fully saturated rings. The van der Waals surface area contributed by atoms with Crippen LogP contribution in [-0.2, 0) is 22.5 Å². The Morgan fingerprint density at radius 3 is 2.28 bits per heavy atom. The third-order valence-electron chi connectivity index (χ3n) is 5.79. The van der Waals surface area contributed by atoms with Gasteiger partial charge in [0.1, 0.15) is 34.9 Å². The standard InChI is InChI=1S/C29H35ClN2O7/c1-27(2,3)37-25(33)32(26(34)38-28(4,5)6)24-20-15-21(30)18(14-23(20)39-31-24)16-35-19-9-10-22-17(13-19)11-12-29(7,8)36-22/h9-10,13-15H,11-12,16H2,1-8H3. The van der Waals surface area contributed by atoms with Gasteiger partial charge < -0.3 is 23.5 Å². The van der Waals surface area contributed by atoms with Gasteiger partial charge in [-0.25, -0.2) is 9.59 Å². The van der Waals surface area contributed by atoms with Crippen LogP contribution in [0.25, 0.3) is 11.0 Å². The zero-order chi connectivity index (χ0) is 28.8. The molecule has 0 bridgehead atoms. The summed E-state index contributed by atoms with van der Waals surface area (Å²) < 4.78 is 28.4. The van der Waals surface area contributed by atoms with Crippen LogP contribution in [0.2, 0.25) is 5.02 Å². The Hall–Kier alpha value is -3.46. The minimum atomic E-state index is -0.949. The van der Waals surface area contributed by atoms with E-state index in [1.54, 1.807) is 53.7 Å². The van der Waals surface area contributed by atoms with Gasteiger partial charge in [0.05, 0.1) is 5.39 Å². The fourth-order valence-electron chi connectivity index (χ4n) is 4.01. The van der Waals surface area contributed by atoms with Gasteiger partial charge in [-0.1, -0.05) is 16.8 Å². The van der Waals surface area contributed by atoms with Crippen molar-refractivity contribution in [2.24, 2.45) is 0 Å². The molecule has 0 N–H and O–H groups in total. The lowest BCUT2D eigenvalue weighted by Crippen LogP contribution is -2.44. The Morgan fingerprint density at radius 1 is 1.03 bits per heavy atom. The molecule has 10 heteroatoms. The van der Waals surface area contributed by atoms with Crippen LogP contribution in [0.1, 0.15) is 72.9 Å². The van der Waals surface area contributed by atoms with Crippen molar-refractivity contribution in [1.29, 1.82) is 0 Å². The van der Waals surface area contributed by atoms with E-state index < -0.39 is 23.4 Å². The van der Waals surface area contributed by atoms with Crippen LogP contribution in [0.4, 0.5) is 15.4 Å². The van der Waals surface area contributed by atoms with Crippen LogP contribution >= 0.6 is 11.6 Å². The minimum absolute atomic E-state index is 0.0829. The van der Waals surface area contributed by atoms with Gasteiger partial charge in [0.15, 0.2) is 11.4 Å². The van der Waals surface area contributed by atoms with Crippen LogP contribution in [0.5, 0.6) is 11.5 Å². The molecule has 0 aliphatic carbocycles. The van der Waals surface area contributed by atoms with E-state index in [2.05, 4.69) is 19.0 Å². The van der Waals surface area contributed by atoms with Crippen molar-refractivity contribution < 1.29 is 33.1 Å². The summed E-state index contributed by atoms with van der Waals surface area (Å²) >= 11 is 6.60.